The predicted molar refractivity (Wildman–Crippen MR) is 127 cm³/mol. The summed E-state index contributed by atoms with van der Waals surface area (Å²) in [6.45, 7) is 2.25. The van der Waals surface area contributed by atoms with Gasteiger partial charge in [0.05, 0.1) is 18.5 Å². The van der Waals surface area contributed by atoms with Crippen molar-refractivity contribution in [3.05, 3.63) is 60.2 Å². The Hall–Kier alpha value is -2.51. The Kier molecular flexibility index (Phi) is 7.77. The molecular formula is C27H35ClN4O3. The lowest BCUT2D eigenvalue weighted by atomic mass is 9.74. The number of benzene rings is 1. The number of halogens is 1. The molecule has 1 amide bonds. The van der Waals surface area contributed by atoms with E-state index in [0.717, 1.165) is 70.0 Å². The minimum Gasteiger partial charge on any atom is -1.00 e. The standard InChI is InChI=1S/C27H34N4O3.ClH/c28-24(32)23(25-29-15-8-16-30-25)31-17-11-20(12-18-31)22(19-31)34-26(33)27(13-6-1-2-7-14-27)21-9-4-3-5-10-21;/h3-5,8-10,15-16,20,22-23H,1-2,6-7,11-14,17-19H2,(H-,28,32);1H/t20?,22-,23?,31?;/m0./s1. The third kappa shape index (κ3) is 4.81. The summed E-state index contributed by atoms with van der Waals surface area (Å²) in [4.78, 5) is 35.3. The quantitative estimate of drug-likeness (QED) is 0.354. The normalized spacial score (nSPS) is 28.2. The Bertz CT molecular complexity index is 1000. The van der Waals surface area contributed by atoms with E-state index in [-0.39, 0.29) is 24.5 Å². The Labute approximate surface area is 213 Å². The second kappa shape index (κ2) is 10.6. The van der Waals surface area contributed by atoms with Gasteiger partial charge in [0.1, 0.15) is 6.54 Å². The average Bonchev–Trinajstić information content (AvgIpc) is 3.13. The first-order chi connectivity index (χ1) is 16.5. The summed E-state index contributed by atoms with van der Waals surface area (Å²) in [6.07, 6.45) is 11.0. The van der Waals surface area contributed by atoms with Gasteiger partial charge in [0.2, 0.25) is 6.04 Å². The van der Waals surface area contributed by atoms with Gasteiger partial charge in [-0.15, -0.1) is 0 Å². The first-order valence-corrected chi connectivity index (χ1v) is 12.7. The molecule has 4 fully saturated rings. The van der Waals surface area contributed by atoms with Crippen LogP contribution in [0, 0.1) is 5.92 Å². The minimum absolute atomic E-state index is 0. The van der Waals surface area contributed by atoms with Crippen molar-refractivity contribution in [2.45, 2.75) is 68.9 Å². The number of nitrogens with zero attached hydrogens (tertiary/aromatic N) is 3. The molecule has 7 nitrogen and oxygen atoms in total. The van der Waals surface area contributed by atoms with Crippen molar-refractivity contribution in [3.63, 3.8) is 0 Å². The molecule has 1 aromatic carbocycles. The summed E-state index contributed by atoms with van der Waals surface area (Å²) in [5, 5.41) is 0. The van der Waals surface area contributed by atoms with Gasteiger partial charge in [-0.25, -0.2) is 9.97 Å². The molecule has 0 spiro atoms. The first kappa shape index (κ1) is 25.6. The van der Waals surface area contributed by atoms with Gasteiger partial charge >= 0.3 is 5.97 Å². The van der Waals surface area contributed by atoms with Crippen molar-refractivity contribution in [2.75, 3.05) is 19.6 Å². The number of ether oxygens (including phenoxy) is 1. The number of fused-ring (bicyclic) bond motifs is 3. The lowest BCUT2D eigenvalue weighted by Gasteiger charge is -2.54. The van der Waals surface area contributed by atoms with Gasteiger partial charge in [-0.1, -0.05) is 56.0 Å². The molecule has 2 atom stereocenters. The van der Waals surface area contributed by atoms with Crippen molar-refractivity contribution >= 4 is 11.9 Å². The van der Waals surface area contributed by atoms with E-state index in [1.807, 2.05) is 18.2 Å². The Morgan fingerprint density at radius 2 is 1.60 bits per heavy atom. The van der Waals surface area contributed by atoms with Crippen LogP contribution in [0.4, 0.5) is 0 Å². The fourth-order valence-corrected chi connectivity index (χ4v) is 6.71. The first-order valence-electron chi connectivity index (χ1n) is 12.7. The van der Waals surface area contributed by atoms with Crippen molar-refractivity contribution in [3.8, 4) is 0 Å². The fraction of sp³-hybridized carbons (Fsp3) is 0.556. The topological polar surface area (TPSA) is 95.2 Å². The predicted octanol–water partition coefficient (Wildman–Crippen LogP) is 0.451. The molecule has 8 heteroatoms. The molecule has 2 aromatic rings. The number of nitrogens with two attached hydrogens (primary N) is 1. The molecule has 6 rings (SSSR count). The molecule has 1 unspecified atom stereocenters. The van der Waals surface area contributed by atoms with Gasteiger partial charge in [-0.3, -0.25) is 9.59 Å². The van der Waals surface area contributed by atoms with Crippen LogP contribution in [0.2, 0.25) is 0 Å². The SMILES string of the molecule is NC(=O)C(c1ncccn1)[N+]12CCC(CC1)[C@@H](OC(=O)C1(c3ccccc3)CCCCCC1)C2.[Cl-]. The molecule has 2 N–H and O–H groups in total. The van der Waals surface area contributed by atoms with E-state index in [1.165, 1.54) is 0 Å². The van der Waals surface area contributed by atoms with E-state index in [9.17, 15) is 9.59 Å². The maximum Gasteiger partial charge on any atom is 0.317 e. The summed E-state index contributed by atoms with van der Waals surface area (Å²) in [7, 11) is 0. The highest BCUT2D eigenvalue weighted by Gasteiger charge is 2.55. The van der Waals surface area contributed by atoms with Gasteiger partial charge in [0, 0.05) is 31.2 Å². The molecule has 0 radical (unpaired) electrons. The van der Waals surface area contributed by atoms with Crippen molar-refractivity contribution < 1.29 is 31.2 Å². The number of piperidine rings is 3. The van der Waals surface area contributed by atoms with Crippen molar-refractivity contribution in [2.24, 2.45) is 11.7 Å². The summed E-state index contributed by atoms with van der Waals surface area (Å²) in [5.41, 5.74) is 6.40. The molecule has 2 bridgehead atoms. The third-order valence-corrected chi connectivity index (χ3v) is 8.54. The molecule has 1 saturated carbocycles. The van der Waals surface area contributed by atoms with Crippen LogP contribution in [0.5, 0.6) is 0 Å². The molecule has 4 aliphatic rings. The summed E-state index contributed by atoms with van der Waals surface area (Å²) in [6, 6.07) is 11.3. The van der Waals surface area contributed by atoms with Crippen LogP contribution in [0.1, 0.15) is 68.8 Å². The zero-order chi connectivity index (χ0) is 23.6. The molecule has 3 aliphatic heterocycles. The summed E-state index contributed by atoms with van der Waals surface area (Å²) < 4.78 is 6.90. The van der Waals surface area contributed by atoms with Crippen LogP contribution in [0.15, 0.2) is 48.8 Å². The Balaban J connectivity index is 0.00000289. The maximum absolute atomic E-state index is 14.0. The molecular weight excluding hydrogens is 464 g/mol. The zero-order valence-electron chi connectivity index (χ0n) is 20.2. The monoisotopic (exact) mass is 498 g/mol. The van der Waals surface area contributed by atoms with E-state index in [0.29, 0.717) is 22.8 Å². The highest BCUT2D eigenvalue weighted by atomic mass is 35.5. The van der Waals surface area contributed by atoms with Gasteiger partial charge in [-0.2, -0.15) is 0 Å². The largest absolute Gasteiger partial charge is 1.00 e. The highest BCUT2D eigenvalue weighted by Crippen LogP contribution is 2.44. The van der Waals surface area contributed by atoms with E-state index >= 15 is 0 Å². The summed E-state index contributed by atoms with van der Waals surface area (Å²) >= 11 is 0. The number of rotatable bonds is 6. The zero-order valence-corrected chi connectivity index (χ0v) is 20.9. The number of hydrogen-bond acceptors (Lipinski definition) is 5. The van der Waals surface area contributed by atoms with E-state index in [4.69, 9.17) is 10.5 Å². The number of primary amides is 1. The lowest BCUT2D eigenvalue weighted by Crippen LogP contribution is -3.00. The van der Waals surface area contributed by atoms with Crippen LogP contribution < -0.4 is 18.1 Å². The van der Waals surface area contributed by atoms with Gasteiger partial charge < -0.3 is 27.4 Å². The molecule has 35 heavy (non-hydrogen) atoms. The van der Waals surface area contributed by atoms with Crippen LogP contribution in [0.3, 0.4) is 0 Å². The number of quaternary nitrogens is 1. The van der Waals surface area contributed by atoms with E-state index < -0.39 is 17.4 Å². The third-order valence-electron chi connectivity index (χ3n) is 8.54. The number of hydrogen-bond donors (Lipinski definition) is 1. The summed E-state index contributed by atoms with van der Waals surface area (Å²) in [5.74, 6) is 0.281. The molecule has 3 saturated heterocycles. The molecule has 1 aromatic heterocycles. The Morgan fingerprint density at radius 1 is 0.971 bits per heavy atom. The van der Waals surface area contributed by atoms with E-state index in [1.54, 1.807) is 18.5 Å². The number of esters is 1. The van der Waals surface area contributed by atoms with Crippen LogP contribution in [-0.4, -0.2) is 52.1 Å². The van der Waals surface area contributed by atoms with Gasteiger partial charge in [0.25, 0.3) is 5.91 Å². The van der Waals surface area contributed by atoms with Crippen molar-refractivity contribution in [1.29, 1.82) is 0 Å². The molecule has 188 valence electrons. The second-order valence-corrected chi connectivity index (χ2v) is 10.4. The lowest BCUT2D eigenvalue weighted by molar-refractivity contribution is -0.965. The smallest absolute Gasteiger partial charge is 0.317 e. The average molecular weight is 499 g/mol. The fourth-order valence-electron chi connectivity index (χ4n) is 6.71. The van der Waals surface area contributed by atoms with Crippen LogP contribution in [-0.2, 0) is 19.7 Å². The van der Waals surface area contributed by atoms with Crippen molar-refractivity contribution in [1.82, 2.24) is 9.97 Å². The molecule has 4 heterocycles. The van der Waals surface area contributed by atoms with Gasteiger partial charge in [-0.05, 0) is 24.5 Å². The number of aromatic nitrogens is 2. The van der Waals surface area contributed by atoms with E-state index in [2.05, 4.69) is 22.1 Å². The number of carbonyl (C=O) groups excluding carboxylic acids is 2. The minimum atomic E-state index is -0.621. The maximum atomic E-state index is 14.0. The van der Waals surface area contributed by atoms with Gasteiger partial charge in [0.15, 0.2) is 11.9 Å². The number of carbonyl (C=O) groups is 2. The van der Waals surface area contributed by atoms with Crippen LogP contribution >= 0.6 is 0 Å². The number of amides is 1. The van der Waals surface area contributed by atoms with Crippen LogP contribution in [0.25, 0.3) is 0 Å². The highest BCUT2D eigenvalue weighted by molar-refractivity contribution is 5.83. The Morgan fingerprint density at radius 3 is 2.20 bits per heavy atom. The molecule has 1 aliphatic carbocycles. The second-order valence-electron chi connectivity index (χ2n) is 10.4.